The number of benzene rings is 2. The second kappa shape index (κ2) is 10.9. The lowest BCUT2D eigenvalue weighted by Gasteiger charge is -2.25. The Hall–Kier alpha value is -3.40. The Kier molecular flexibility index (Phi) is 7.87. The summed E-state index contributed by atoms with van der Waals surface area (Å²) in [5.41, 5.74) is 1.43. The van der Waals surface area contributed by atoms with E-state index in [1.807, 2.05) is 0 Å². The number of carbonyl (C=O) groups is 2. The molecule has 3 aromatic rings. The zero-order valence-corrected chi connectivity index (χ0v) is 22.7. The number of rotatable bonds is 6. The normalized spacial score (nSPS) is 15.2. The number of carbonyl (C=O) groups excluding carboxylic acids is 2. The molecule has 1 aliphatic heterocycles. The van der Waals surface area contributed by atoms with Crippen LogP contribution in [0.15, 0.2) is 57.5 Å². The first-order valence-electron chi connectivity index (χ1n) is 11.2. The highest BCUT2D eigenvalue weighted by molar-refractivity contribution is 7.07. The zero-order chi connectivity index (χ0) is 26.9. The molecule has 0 fully saturated rings. The number of fused-ring (bicyclic) bond motifs is 1. The number of methoxy groups -OCH3 is 1. The summed E-state index contributed by atoms with van der Waals surface area (Å²) in [6.45, 7) is 4.82. The van der Waals surface area contributed by atoms with Gasteiger partial charge >= 0.3 is 11.9 Å². The maximum absolute atomic E-state index is 13.7. The summed E-state index contributed by atoms with van der Waals surface area (Å²) < 4.78 is 17.8. The van der Waals surface area contributed by atoms with Gasteiger partial charge in [-0.05, 0) is 55.3 Å². The maximum Gasteiger partial charge on any atom is 0.338 e. The lowest BCUT2D eigenvalue weighted by Crippen LogP contribution is -2.40. The van der Waals surface area contributed by atoms with Crippen molar-refractivity contribution >= 4 is 52.6 Å². The SMILES string of the molecule is CCOC(=O)C1=C(C)N=c2s/c(=C/c3ccc(Cl)cc3Cl)c(=O)n2[C@H]1c1ccc(OC(C)=O)c(OC)c1. The fraction of sp³-hybridized carbons (Fsp3) is 0.231. The van der Waals surface area contributed by atoms with Gasteiger partial charge in [-0.1, -0.05) is 46.7 Å². The molecule has 192 valence electrons. The second-order valence-corrected chi connectivity index (χ2v) is 9.82. The molecule has 1 aliphatic rings. The summed E-state index contributed by atoms with van der Waals surface area (Å²) >= 11 is 13.5. The molecule has 0 spiro atoms. The third-order valence-electron chi connectivity index (χ3n) is 5.52. The quantitative estimate of drug-likeness (QED) is 0.333. The molecule has 0 radical (unpaired) electrons. The number of hydrogen-bond acceptors (Lipinski definition) is 8. The van der Waals surface area contributed by atoms with Crippen LogP contribution in [0.4, 0.5) is 0 Å². The van der Waals surface area contributed by atoms with Gasteiger partial charge in [0.15, 0.2) is 16.3 Å². The highest BCUT2D eigenvalue weighted by Crippen LogP contribution is 2.36. The van der Waals surface area contributed by atoms with Crippen LogP contribution < -0.4 is 24.4 Å². The van der Waals surface area contributed by atoms with Crippen LogP contribution in [-0.2, 0) is 14.3 Å². The van der Waals surface area contributed by atoms with E-state index in [1.165, 1.54) is 29.9 Å². The Bertz CT molecular complexity index is 1620. The fourth-order valence-electron chi connectivity index (χ4n) is 3.96. The first-order chi connectivity index (χ1) is 17.6. The van der Waals surface area contributed by atoms with Crippen LogP contribution in [0.25, 0.3) is 6.08 Å². The number of ether oxygens (including phenoxy) is 3. The summed E-state index contributed by atoms with van der Waals surface area (Å²) in [6.07, 6.45) is 1.66. The van der Waals surface area contributed by atoms with Crippen molar-refractivity contribution in [3.8, 4) is 11.5 Å². The first kappa shape index (κ1) is 26.7. The molecule has 0 N–H and O–H groups in total. The summed E-state index contributed by atoms with van der Waals surface area (Å²) in [4.78, 5) is 43.2. The van der Waals surface area contributed by atoms with Gasteiger partial charge in [-0.15, -0.1) is 0 Å². The number of thiazole rings is 1. The van der Waals surface area contributed by atoms with Crippen molar-refractivity contribution in [2.75, 3.05) is 13.7 Å². The molecular formula is C26H22Cl2N2O6S. The van der Waals surface area contributed by atoms with Crippen molar-refractivity contribution in [2.45, 2.75) is 26.8 Å². The predicted molar refractivity (Wildman–Crippen MR) is 141 cm³/mol. The first-order valence-corrected chi connectivity index (χ1v) is 12.7. The van der Waals surface area contributed by atoms with E-state index >= 15 is 0 Å². The molecule has 0 saturated carbocycles. The molecule has 2 aromatic carbocycles. The standard InChI is InChI=1S/C26H22Cl2N2O6S/c1-5-35-25(33)22-13(2)29-26-30(23(22)16-7-9-19(36-14(3)31)20(10-16)34-4)24(32)21(37-26)11-15-6-8-17(27)12-18(15)28/h6-12,23H,5H2,1-4H3/b21-11+/t23-/m0/s1. The van der Waals surface area contributed by atoms with Gasteiger partial charge in [0.2, 0.25) is 0 Å². The van der Waals surface area contributed by atoms with Crippen LogP contribution in [0.5, 0.6) is 11.5 Å². The van der Waals surface area contributed by atoms with E-state index in [9.17, 15) is 14.4 Å². The summed E-state index contributed by atoms with van der Waals surface area (Å²) in [7, 11) is 1.43. The van der Waals surface area contributed by atoms with E-state index in [0.717, 1.165) is 0 Å². The molecule has 0 saturated heterocycles. The van der Waals surface area contributed by atoms with Gasteiger partial charge in [-0.3, -0.25) is 14.2 Å². The van der Waals surface area contributed by atoms with Crippen LogP contribution in [0.3, 0.4) is 0 Å². The molecule has 2 heterocycles. The van der Waals surface area contributed by atoms with Gasteiger partial charge in [0.05, 0.1) is 35.6 Å². The van der Waals surface area contributed by atoms with E-state index in [2.05, 4.69) is 4.99 Å². The minimum atomic E-state index is -0.863. The van der Waals surface area contributed by atoms with E-state index in [4.69, 9.17) is 37.4 Å². The molecule has 0 aliphatic carbocycles. The Balaban J connectivity index is 1.96. The lowest BCUT2D eigenvalue weighted by molar-refractivity contribution is -0.139. The van der Waals surface area contributed by atoms with Crippen molar-refractivity contribution in [3.63, 3.8) is 0 Å². The van der Waals surface area contributed by atoms with E-state index < -0.39 is 18.0 Å². The minimum Gasteiger partial charge on any atom is -0.493 e. The fourth-order valence-corrected chi connectivity index (χ4v) is 5.46. The molecule has 11 heteroatoms. The van der Waals surface area contributed by atoms with Gasteiger partial charge in [0.25, 0.3) is 5.56 Å². The molecule has 4 rings (SSSR count). The second-order valence-electron chi connectivity index (χ2n) is 7.97. The van der Waals surface area contributed by atoms with E-state index in [-0.39, 0.29) is 29.2 Å². The number of allylic oxidation sites excluding steroid dienone is 1. The molecule has 0 amide bonds. The van der Waals surface area contributed by atoms with Crippen LogP contribution in [0.2, 0.25) is 10.0 Å². The number of hydrogen-bond donors (Lipinski definition) is 0. The van der Waals surface area contributed by atoms with Crippen molar-refractivity contribution in [2.24, 2.45) is 4.99 Å². The Labute approximate surface area is 226 Å². The monoisotopic (exact) mass is 560 g/mol. The lowest BCUT2D eigenvalue weighted by atomic mass is 9.95. The van der Waals surface area contributed by atoms with Crippen molar-refractivity contribution in [1.29, 1.82) is 0 Å². The average Bonchev–Trinajstić information content (AvgIpc) is 3.14. The number of aromatic nitrogens is 1. The van der Waals surface area contributed by atoms with Crippen molar-refractivity contribution in [3.05, 3.63) is 88.5 Å². The third kappa shape index (κ3) is 5.34. The molecule has 1 aromatic heterocycles. The third-order valence-corrected chi connectivity index (χ3v) is 7.07. The van der Waals surface area contributed by atoms with Crippen LogP contribution in [-0.4, -0.2) is 30.2 Å². The van der Waals surface area contributed by atoms with Crippen molar-refractivity contribution < 1.29 is 23.8 Å². The van der Waals surface area contributed by atoms with E-state index in [1.54, 1.807) is 56.3 Å². The Morgan fingerprint density at radius 3 is 2.57 bits per heavy atom. The Morgan fingerprint density at radius 2 is 1.92 bits per heavy atom. The van der Waals surface area contributed by atoms with Crippen LogP contribution in [0, 0.1) is 0 Å². The smallest absolute Gasteiger partial charge is 0.338 e. The largest absolute Gasteiger partial charge is 0.493 e. The molecule has 1 atom stereocenters. The minimum absolute atomic E-state index is 0.149. The zero-order valence-electron chi connectivity index (χ0n) is 20.3. The molecule has 0 bridgehead atoms. The molecule has 0 unspecified atom stereocenters. The van der Waals surface area contributed by atoms with Gasteiger partial charge in [0, 0.05) is 17.0 Å². The van der Waals surface area contributed by atoms with Gasteiger partial charge in [-0.2, -0.15) is 0 Å². The number of nitrogens with zero attached hydrogens (tertiary/aromatic N) is 2. The number of halogens is 2. The summed E-state index contributed by atoms with van der Waals surface area (Å²) in [6, 6.07) is 8.96. The number of esters is 2. The summed E-state index contributed by atoms with van der Waals surface area (Å²) in [5.74, 6) is -0.628. The molecular weight excluding hydrogens is 539 g/mol. The average molecular weight is 561 g/mol. The van der Waals surface area contributed by atoms with Gasteiger partial charge in [-0.25, -0.2) is 9.79 Å². The predicted octanol–water partition coefficient (Wildman–Crippen LogP) is 4.04. The van der Waals surface area contributed by atoms with Crippen LogP contribution in [0.1, 0.15) is 37.9 Å². The molecule has 8 nitrogen and oxygen atoms in total. The topological polar surface area (TPSA) is 96.2 Å². The highest BCUT2D eigenvalue weighted by Gasteiger charge is 2.34. The molecule has 37 heavy (non-hydrogen) atoms. The van der Waals surface area contributed by atoms with Crippen molar-refractivity contribution in [1.82, 2.24) is 4.57 Å². The van der Waals surface area contributed by atoms with Gasteiger partial charge in [0.1, 0.15) is 0 Å². The maximum atomic E-state index is 13.7. The highest BCUT2D eigenvalue weighted by atomic mass is 35.5. The van der Waals surface area contributed by atoms with Crippen LogP contribution >= 0.6 is 34.5 Å². The Morgan fingerprint density at radius 1 is 1.16 bits per heavy atom. The van der Waals surface area contributed by atoms with Gasteiger partial charge < -0.3 is 14.2 Å². The summed E-state index contributed by atoms with van der Waals surface area (Å²) in [5, 5.41) is 0.869. The van der Waals surface area contributed by atoms with E-state index in [0.29, 0.717) is 36.2 Å².